The average molecular weight is 392 g/mol. The molecule has 0 unspecified atom stereocenters. The molecule has 1 fully saturated rings. The molecule has 0 N–H and O–H groups in total. The normalized spacial score (nSPS) is 20.2. The Hall–Kier alpha value is -2.85. The van der Waals surface area contributed by atoms with Crippen LogP contribution >= 0.6 is 7.74 Å². The zero-order valence-corrected chi connectivity index (χ0v) is 15.8. The number of hydrogen-bond donors (Lipinski definition) is 0. The maximum absolute atomic E-state index is 6.41. The third kappa shape index (κ3) is 2.18. The van der Waals surface area contributed by atoms with Gasteiger partial charge in [0.1, 0.15) is 0 Å². The van der Waals surface area contributed by atoms with Gasteiger partial charge in [0.05, 0.1) is 0 Å². The van der Waals surface area contributed by atoms with Crippen LogP contribution in [0.15, 0.2) is 78.9 Å². The van der Waals surface area contributed by atoms with Gasteiger partial charge in [0.15, 0.2) is 0 Å². The minimum absolute atomic E-state index is 0.342. The number of fused-ring (bicyclic) bond motifs is 6. The van der Waals surface area contributed by atoms with Crippen LogP contribution < -0.4 is 13.6 Å². The molecule has 2 aliphatic rings. The molecule has 0 bridgehead atoms. The molecule has 4 aromatic carbocycles. The Morgan fingerprint density at radius 2 is 1.04 bits per heavy atom. The van der Waals surface area contributed by atoms with Gasteiger partial charge in [-0.15, -0.1) is 0 Å². The third-order valence-corrected chi connectivity index (χ3v) is 7.68. The number of para-hydroxylation sites is 1. The molecule has 0 atom stereocenters. The Labute approximate surface area is 161 Å². The molecule has 140 valence electrons. The summed E-state index contributed by atoms with van der Waals surface area (Å²) in [6, 6.07) is 25.5. The fourth-order valence-corrected chi connectivity index (χ4v) is 6.51. The molecular weight excluding hydrogens is 375 g/mol. The predicted molar refractivity (Wildman–Crippen MR) is 109 cm³/mol. The van der Waals surface area contributed by atoms with Crippen molar-refractivity contribution in [3.05, 3.63) is 78.9 Å². The molecule has 0 aliphatic carbocycles. The molecule has 6 heteroatoms. The summed E-state index contributed by atoms with van der Waals surface area (Å²) in [5.41, 5.74) is 0. The first-order valence-corrected chi connectivity index (χ1v) is 11.0. The van der Waals surface area contributed by atoms with E-state index in [0.29, 0.717) is 30.5 Å². The van der Waals surface area contributed by atoms with Crippen molar-refractivity contribution in [3.63, 3.8) is 0 Å². The second kappa shape index (κ2) is 5.58. The summed E-state index contributed by atoms with van der Waals surface area (Å²) in [5.74, 6) is 1.78. The Morgan fingerprint density at radius 3 is 1.57 bits per heavy atom. The summed E-state index contributed by atoms with van der Waals surface area (Å²) in [6.45, 7) is 0.684. The van der Waals surface area contributed by atoms with Gasteiger partial charge in [-0.3, -0.25) is 0 Å². The number of hydrogen-bond acceptors (Lipinski definition) is 5. The van der Waals surface area contributed by atoms with E-state index in [4.69, 9.17) is 22.6 Å². The van der Waals surface area contributed by atoms with Gasteiger partial charge >= 0.3 is 161 Å². The van der Waals surface area contributed by atoms with Crippen molar-refractivity contribution >= 4 is 29.3 Å². The standard InChI is InChI=1S/C22H17O5P/c1-2-8-16(9-3-1)25-28(23-14-15-24-28)26-21-19-12-6-4-10-17(19)18-11-5-7-13-20(18)22(21)27-28/h1-13H,14-15H2. The molecule has 0 radical (unpaired) electrons. The van der Waals surface area contributed by atoms with E-state index in [2.05, 4.69) is 12.1 Å². The van der Waals surface area contributed by atoms with E-state index in [9.17, 15) is 0 Å². The summed E-state index contributed by atoms with van der Waals surface area (Å²) < 4.78 is 31.1. The Morgan fingerprint density at radius 1 is 0.571 bits per heavy atom. The zero-order valence-electron chi connectivity index (χ0n) is 14.9. The molecular formula is C22H17O5P. The van der Waals surface area contributed by atoms with Crippen molar-refractivity contribution in [3.8, 4) is 17.2 Å². The van der Waals surface area contributed by atoms with E-state index in [1.807, 2.05) is 66.7 Å². The molecule has 4 aromatic rings. The van der Waals surface area contributed by atoms with Crippen molar-refractivity contribution in [1.29, 1.82) is 0 Å². The van der Waals surface area contributed by atoms with E-state index in [0.717, 1.165) is 21.5 Å². The first-order chi connectivity index (χ1) is 13.8. The Bertz CT molecular complexity index is 1150. The van der Waals surface area contributed by atoms with Crippen LogP contribution in [-0.2, 0) is 9.05 Å². The van der Waals surface area contributed by atoms with Crippen LogP contribution in [0, 0.1) is 0 Å². The van der Waals surface area contributed by atoms with Crippen molar-refractivity contribution in [2.24, 2.45) is 0 Å². The zero-order chi connectivity index (χ0) is 18.6. The fraction of sp³-hybridized carbons (Fsp3) is 0.0909. The van der Waals surface area contributed by atoms with E-state index >= 15 is 0 Å². The van der Waals surface area contributed by atoms with Gasteiger partial charge in [-0.2, -0.15) is 0 Å². The summed E-state index contributed by atoms with van der Waals surface area (Å²) in [4.78, 5) is 0. The first kappa shape index (κ1) is 16.1. The van der Waals surface area contributed by atoms with E-state index < -0.39 is 7.74 Å². The van der Waals surface area contributed by atoms with Crippen LogP contribution in [0.5, 0.6) is 17.2 Å². The number of benzene rings is 4. The summed E-state index contributed by atoms with van der Waals surface area (Å²) in [6.07, 6.45) is 0. The molecule has 0 aromatic heterocycles. The molecule has 5 nitrogen and oxygen atoms in total. The SMILES string of the molecule is c1ccc(OP23(OCCO2)Oc2c(c4ccccc4c4ccccc24)O3)cc1. The van der Waals surface area contributed by atoms with Crippen LogP contribution in [0.3, 0.4) is 0 Å². The maximum atomic E-state index is 6.41. The third-order valence-electron chi connectivity index (χ3n) is 5.01. The van der Waals surface area contributed by atoms with Gasteiger partial charge in [-0.05, 0) is 0 Å². The van der Waals surface area contributed by atoms with Crippen LogP contribution in [0.1, 0.15) is 0 Å². The fourth-order valence-electron chi connectivity index (χ4n) is 3.83. The van der Waals surface area contributed by atoms with Crippen LogP contribution in [0.25, 0.3) is 21.5 Å². The van der Waals surface area contributed by atoms with Crippen molar-refractivity contribution in [1.82, 2.24) is 0 Å². The van der Waals surface area contributed by atoms with Crippen molar-refractivity contribution < 1.29 is 22.6 Å². The molecule has 2 aliphatic heterocycles. The second-order valence-electron chi connectivity index (χ2n) is 6.75. The minimum atomic E-state index is -4.30. The second-order valence-corrected chi connectivity index (χ2v) is 9.30. The van der Waals surface area contributed by atoms with E-state index in [-0.39, 0.29) is 0 Å². The molecule has 28 heavy (non-hydrogen) atoms. The molecule has 2 heterocycles. The quantitative estimate of drug-likeness (QED) is 0.308. The van der Waals surface area contributed by atoms with Crippen molar-refractivity contribution in [2.75, 3.05) is 13.2 Å². The molecule has 0 saturated carbocycles. The summed E-state index contributed by atoms with van der Waals surface area (Å²) in [5, 5.41) is 4.04. The van der Waals surface area contributed by atoms with Crippen LogP contribution in [-0.4, -0.2) is 13.2 Å². The average Bonchev–Trinajstić information content (AvgIpc) is 3.31. The summed E-state index contributed by atoms with van der Waals surface area (Å²) in [7, 11) is -4.30. The molecule has 6 rings (SSSR count). The van der Waals surface area contributed by atoms with Gasteiger partial charge in [0.25, 0.3) is 0 Å². The van der Waals surface area contributed by atoms with Crippen molar-refractivity contribution in [2.45, 2.75) is 0 Å². The number of rotatable bonds is 2. The Kier molecular flexibility index (Phi) is 3.22. The van der Waals surface area contributed by atoms with Crippen LogP contribution in [0.2, 0.25) is 0 Å². The van der Waals surface area contributed by atoms with Gasteiger partial charge in [0.2, 0.25) is 0 Å². The van der Waals surface area contributed by atoms with Crippen LogP contribution in [0.4, 0.5) is 0 Å². The molecule has 1 spiro atoms. The molecule has 1 saturated heterocycles. The predicted octanol–water partition coefficient (Wildman–Crippen LogP) is 6.02. The molecule has 0 amide bonds. The van der Waals surface area contributed by atoms with Gasteiger partial charge in [-0.25, -0.2) is 0 Å². The monoisotopic (exact) mass is 392 g/mol. The van der Waals surface area contributed by atoms with Gasteiger partial charge in [0, 0.05) is 0 Å². The van der Waals surface area contributed by atoms with Gasteiger partial charge in [-0.1, -0.05) is 0 Å². The first-order valence-electron chi connectivity index (χ1n) is 9.17. The Balaban J connectivity index is 1.61. The van der Waals surface area contributed by atoms with E-state index in [1.54, 1.807) is 0 Å². The van der Waals surface area contributed by atoms with E-state index in [1.165, 1.54) is 0 Å². The topological polar surface area (TPSA) is 46.2 Å². The van der Waals surface area contributed by atoms with Gasteiger partial charge < -0.3 is 0 Å². The summed E-state index contributed by atoms with van der Waals surface area (Å²) >= 11 is 0.